The largest absolute Gasteiger partial charge is 0.371 e. The lowest BCUT2D eigenvalue weighted by Crippen LogP contribution is -1.99. The fourth-order valence-electron chi connectivity index (χ4n) is 1.87. The lowest BCUT2D eigenvalue weighted by molar-refractivity contribution is 0.625. The van der Waals surface area contributed by atoms with Crippen molar-refractivity contribution in [3.05, 3.63) is 58.3 Å². The Labute approximate surface area is 122 Å². The lowest BCUT2D eigenvalue weighted by Gasteiger charge is -2.06. The third-order valence-corrected chi connectivity index (χ3v) is 4.44. The molecule has 0 radical (unpaired) electrons. The predicted molar refractivity (Wildman–Crippen MR) is 81.0 cm³/mol. The summed E-state index contributed by atoms with van der Waals surface area (Å²) >= 11 is 4.85. The Morgan fingerprint density at radius 1 is 1.21 bits per heavy atom. The van der Waals surface area contributed by atoms with E-state index in [9.17, 15) is 4.39 Å². The molecule has 3 aromatic rings. The van der Waals surface area contributed by atoms with Gasteiger partial charge in [0.1, 0.15) is 10.8 Å². The lowest BCUT2D eigenvalue weighted by atomic mass is 10.2. The molecule has 0 saturated carbocycles. The van der Waals surface area contributed by atoms with Crippen molar-refractivity contribution in [1.29, 1.82) is 0 Å². The quantitative estimate of drug-likeness (QED) is 0.742. The van der Waals surface area contributed by atoms with Crippen LogP contribution in [0.4, 0.5) is 9.39 Å². The number of nitrogens with one attached hydrogen (secondary N) is 1. The van der Waals surface area contributed by atoms with Crippen molar-refractivity contribution < 1.29 is 4.39 Å². The van der Waals surface area contributed by atoms with E-state index in [1.54, 1.807) is 6.07 Å². The average Bonchev–Trinajstić information content (AvgIpc) is 2.83. The summed E-state index contributed by atoms with van der Waals surface area (Å²) in [4.78, 5) is 0. The Kier molecular flexibility index (Phi) is 3.48. The monoisotopic (exact) mass is 336 g/mol. The van der Waals surface area contributed by atoms with Gasteiger partial charge in [-0.15, -0.1) is 0 Å². The third-order valence-electron chi connectivity index (χ3n) is 2.83. The summed E-state index contributed by atoms with van der Waals surface area (Å²) in [5, 5.41) is 5.41. The third kappa shape index (κ3) is 2.62. The first-order valence-electron chi connectivity index (χ1n) is 5.76. The second-order valence-electron chi connectivity index (χ2n) is 4.12. The highest BCUT2D eigenvalue weighted by Crippen LogP contribution is 2.28. The molecule has 0 fully saturated rings. The van der Waals surface area contributed by atoms with Crippen LogP contribution in [0.1, 0.15) is 5.56 Å². The molecule has 1 aromatic heterocycles. The standard InChI is InChI=1S/C14H10BrFN2S/c15-12-6-5-10(16)7-9(12)8-17-14-11-3-1-2-4-13(11)18-19-14/h1-7,17H,8H2. The second-order valence-corrected chi connectivity index (χ2v) is 5.75. The number of aromatic nitrogens is 1. The Morgan fingerprint density at radius 3 is 2.95 bits per heavy atom. The average molecular weight is 337 g/mol. The van der Waals surface area contributed by atoms with E-state index in [2.05, 4.69) is 25.6 Å². The molecule has 0 spiro atoms. The molecule has 3 rings (SSSR count). The van der Waals surface area contributed by atoms with Gasteiger partial charge in [0.2, 0.25) is 0 Å². The number of fused-ring (bicyclic) bond motifs is 1. The maximum Gasteiger partial charge on any atom is 0.123 e. The molecule has 2 aromatic carbocycles. The zero-order chi connectivity index (χ0) is 13.2. The summed E-state index contributed by atoms with van der Waals surface area (Å²) in [5.41, 5.74) is 1.87. The second kappa shape index (κ2) is 5.27. The fraction of sp³-hybridized carbons (Fsp3) is 0.0714. The maximum atomic E-state index is 13.2. The molecule has 0 atom stereocenters. The molecule has 0 aliphatic carbocycles. The van der Waals surface area contributed by atoms with Gasteiger partial charge in [-0.05, 0) is 47.4 Å². The first-order chi connectivity index (χ1) is 9.24. The predicted octanol–water partition coefficient (Wildman–Crippen LogP) is 4.81. The van der Waals surface area contributed by atoms with Crippen molar-refractivity contribution in [3.8, 4) is 0 Å². The van der Waals surface area contributed by atoms with Gasteiger partial charge in [0, 0.05) is 16.4 Å². The highest BCUT2D eigenvalue weighted by atomic mass is 79.9. The van der Waals surface area contributed by atoms with Crippen LogP contribution in [0.15, 0.2) is 46.9 Å². The Hall–Kier alpha value is -1.46. The van der Waals surface area contributed by atoms with Gasteiger partial charge in [0.25, 0.3) is 0 Å². The molecular formula is C14H10BrFN2S. The van der Waals surface area contributed by atoms with Crippen LogP contribution >= 0.6 is 27.5 Å². The van der Waals surface area contributed by atoms with Crippen LogP contribution in [0, 0.1) is 5.82 Å². The van der Waals surface area contributed by atoms with Crippen LogP contribution in [0.2, 0.25) is 0 Å². The summed E-state index contributed by atoms with van der Waals surface area (Å²) in [6.07, 6.45) is 0. The fourth-order valence-corrected chi connectivity index (χ4v) is 3.01. The smallest absolute Gasteiger partial charge is 0.123 e. The summed E-state index contributed by atoms with van der Waals surface area (Å²) < 4.78 is 18.5. The summed E-state index contributed by atoms with van der Waals surface area (Å²) in [6, 6.07) is 12.7. The van der Waals surface area contributed by atoms with Crippen molar-refractivity contribution in [2.75, 3.05) is 5.32 Å². The molecule has 5 heteroatoms. The molecule has 1 heterocycles. The van der Waals surface area contributed by atoms with Gasteiger partial charge in [0.05, 0.1) is 5.52 Å². The summed E-state index contributed by atoms with van der Waals surface area (Å²) in [7, 11) is 0. The maximum absolute atomic E-state index is 13.2. The van der Waals surface area contributed by atoms with Crippen LogP contribution in [-0.2, 0) is 6.54 Å². The molecule has 0 saturated heterocycles. The molecule has 0 aliphatic rings. The van der Waals surface area contributed by atoms with Gasteiger partial charge in [0.15, 0.2) is 0 Å². The molecule has 0 amide bonds. The van der Waals surface area contributed by atoms with Crippen LogP contribution in [-0.4, -0.2) is 4.37 Å². The first kappa shape index (κ1) is 12.6. The Bertz CT molecular complexity index is 726. The van der Waals surface area contributed by atoms with Gasteiger partial charge < -0.3 is 5.32 Å². The van der Waals surface area contributed by atoms with Crippen molar-refractivity contribution in [3.63, 3.8) is 0 Å². The Morgan fingerprint density at radius 2 is 2.05 bits per heavy atom. The topological polar surface area (TPSA) is 24.9 Å². The number of halogens is 2. The normalized spacial score (nSPS) is 10.8. The number of anilines is 1. The summed E-state index contributed by atoms with van der Waals surface area (Å²) in [5.74, 6) is -0.228. The van der Waals surface area contributed by atoms with Crippen LogP contribution in [0.3, 0.4) is 0 Å². The van der Waals surface area contributed by atoms with Gasteiger partial charge in [-0.2, -0.15) is 4.37 Å². The van der Waals surface area contributed by atoms with E-state index < -0.39 is 0 Å². The molecule has 0 unspecified atom stereocenters. The molecular weight excluding hydrogens is 327 g/mol. The molecule has 0 aliphatic heterocycles. The molecule has 96 valence electrons. The molecule has 2 nitrogen and oxygen atoms in total. The SMILES string of the molecule is Fc1ccc(Br)c(CNc2snc3ccccc23)c1. The van der Waals surface area contributed by atoms with Gasteiger partial charge >= 0.3 is 0 Å². The Balaban J connectivity index is 1.84. The zero-order valence-corrected chi connectivity index (χ0v) is 12.3. The van der Waals surface area contributed by atoms with Crippen molar-refractivity contribution in [2.24, 2.45) is 0 Å². The van der Waals surface area contributed by atoms with E-state index in [1.165, 1.54) is 23.7 Å². The number of rotatable bonds is 3. The summed E-state index contributed by atoms with van der Waals surface area (Å²) in [6.45, 7) is 0.560. The van der Waals surface area contributed by atoms with Crippen LogP contribution in [0.25, 0.3) is 10.9 Å². The zero-order valence-electron chi connectivity index (χ0n) is 9.86. The van der Waals surface area contributed by atoms with E-state index >= 15 is 0 Å². The van der Waals surface area contributed by atoms with E-state index in [1.807, 2.05) is 24.3 Å². The number of nitrogens with zero attached hydrogens (tertiary/aromatic N) is 1. The van der Waals surface area contributed by atoms with E-state index in [-0.39, 0.29) is 5.82 Å². The highest BCUT2D eigenvalue weighted by Gasteiger charge is 2.06. The molecule has 0 bridgehead atoms. The van der Waals surface area contributed by atoms with E-state index in [4.69, 9.17) is 0 Å². The number of benzene rings is 2. The molecule has 1 N–H and O–H groups in total. The van der Waals surface area contributed by atoms with E-state index in [0.717, 1.165) is 25.9 Å². The van der Waals surface area contributed by atoms with Gasteiger partial charge in [-0.3, -0.25) is 0 Å². The first-order valence-corrected chi connectivity index (χ1v) is 7.33. The van der Waals surface area contributed by atoms with Gasteiger partial charge in [-0.25, -0.2) is 4.39 Å². The van der Waals surface area contributed by atoms with Crippen LogP contribution in [0.5, 0.6) is 0 Å². The van der Waals surface area contributed by atoms with E-state index in [0.29, 0.717) is 6.54 Å². The minimum Gasteiger partial charge on any atom is -0.371 e. The van der Waals surface area contributed by atoms with Crippen molar-refractivity contribution in [2.45, 2.75) is 6.54 Å². The molecule has 19 heavy (non-hydrogen) atoms. The van der Waals surface area contributed by atoms with Gasteiger partial charge in [-0.1, -0.05) is 28.1 Å². The van der Waals surface area contributed by atoms with Crippen molar-refractivity contribution in [1.82, 2.24) is 4.37 Å². The minimum absolute atomic E-state index is 0.228. The van der Waals surface area contributed by atoms with Crippen molar-refractivity contribution >= 4 is 43.4 Å². The number of hydrogen-bond acceptors (Lipinski definition) is 3. The highest BCUT2D eigenvalue weighted by molar-refractivity contribution is 9.10. The minimum atomic E-state index is -0.228. The van der Waals surface area contributed by atoms with Crippen LogP contribution < -0.4 is 5.32 Å². The number of hydrogen-bond donors (Lipinski definition) is 1.